The summed E-state index contributed by atoms with van der Waals surface area (Å²) in [6.45, 7) is 2.44. The predicted octanol–water partition coefficient (Wildman–Crippen LogP) is 3.91. The lowest BCUT2D eigenvalue weighted by molar-refractivity contribution is -0.00138. The first-order valence-corrected chi connectivity index (χ1v) is 9.61. The van der Waals surface area contributed by atoms with E-state index in [1.165, 1.54) is 50.1 Å². The molecule has 1 saturated carbocycles. The highest BCUT2D eigenvalue weighted by atomic mass is 35.5. The number of amides is 1. The molecule has 0 unspecified atom stereocenters. The van der Waals surface area contributed by atoms with Crippen LogP contribution in [0.15, 0.2) is 24.3 Å². The maximum absolute atomic E-state index is 12.8. The van der Waals surface area contributed by atoms with Crippen molar-refractivity contribution < 1.29 is 4.79 Å². The highest BCUT2D eigenvalue weighted by molar-refractivity contribution is 7.20. The molecule has 1 N–H and O–H groups in total. The number of thiophene rings is 1. The highest BCUT2D eigenvalue weighted by Gasteiger charge is 2.60. The van der Waals surface area contributed by atoms with Crippen LogP contribution < -0.4 is 5.32 Å². The molecule has 23 heavy (non-hydrogen) atoms. The molecule has 1 aliphatic carbocycles. The van der Waals surface area contributed by atoms with Crippen molar-refractivity contribution in [2.24, 2.45) is 5.92 Å². The number of halogens is 1. The lowest BCUT2D eigenvalue weighted by Gasteiger charge is -2.52. The Morgan fingerprint density at radius 2 is 2.09 bits per heavy atom. The van der Waals surface area contributed by atoms with Crippen LogP contribution in [0.2, 0.25) is 5.02 Å². The smallest absolute Gasteiger partial charge is 0.261 e. The maximum Gasteiger partial charge on any atom is 0.261 e. The average molecular weight is 347 g/mol. The molecule has 1 aromatic carbocycles. The number of benzene rings is 1. The van der Waals surface area contributed by atoms with Crippen LogP contribution in [-0.2, 0) is 0 Å². The second-order valence-corrected chi connectivity index (χ2v) is 8.63. The molecule has 1 spiro atoms. The molecule has 4 heterocycles. The molecule has 2 bridgehead atoms. The molecule has 2 aromatic rings. The number of fused-ring (bicyclic) bond motifs is 3. The van der Waals surface area contributed by atoms with Crippen LogP contribution in [-0.4, -0.2) is 35.5 Å². The minimum absolute atomic E-state index is 0.0762. The molecule has 3 aliphatic heterocycles. The van der Waals surface area contributed by atoms with E-state index in [2.05, 4.69) is 10.2 Å². The number of rotatable bonds is 2. The van der Waals surface area contributed by atoms with Gasteiger partial charge in [0.25, 0.3) is 5.91 Å². The Bertz CT molecular complexity index is 789. The van der Waals surface area contributed by atoms with Crippen LogP contribution in [0.3, 0.4) is 0 Å². The fraction of sp³-hybridized carbons (Fsp3) is 0.500. The van der Waals surface area contributed by atoms with Gasteiger partial charge in [0.1, 0.15) is 0 Å². The van der Waals surface area contributed by atoms with Gasteiger partial charge in [-0.1, -0.05) is 17.7 Å². The number of hydrogen-bond donors (Lipinski definition) is 1. The fourth-order valence-electron chi connectivity index (χ4n) is 4.67. The van der Waals surface area contributed by atoms with Crippen molar-refractivity contribution in [2.45, 2.75) is 37.3 Å². The van der Waals surface area contributed by atoms with Gasteiger partial charge in [-0.3, -0.25) is 9.69 Å². The molecule has 1 amide bonds. The summed E-state index contributed by atoms with van der Waals surface area (Å²) in [6.07, 6.45) is 4.94. The monoisotopic (exact) mass is 346 g/mol. The Hall–Kier alpha value is -1.10. The van der Waals surface area contributed by atoms with Gasteiger partial charge in [0, 0.05) is 20.6 Å². The summed E-state index contributed by atoms with van der Waals surface area (Å²) in [4.78, 5) is 16.2. The van der Waals surface area contributed by atoms with Crippen LogP contribution in [0.5, 0.6) is 0 Å². The van der Waals surface area contributed by atoms with Gasteiger partial charge in [-0.2, -0.15) is 0 Å². The molecule has 0 radical (unpaired) electrons. The van der Waals surface area contributed by atoms with Crippen molar-refractivity contribution in [3.05, 3.63) is 34.2 Å². The zero-order chi connectivity index (χ0) is 15.6. The molecule has 4 aliphatic rings. The predicted molar refractivity (Wildman–Crippen MR) is 94.4 cm³/mol. The third kappa shape index (κ3) is 2.08. The third-order valence-electron chi connectivity index (χ3n) is 6.00. The first kappa shape index (κ1) is 14.3. The summed E-state index contributed by atoms with van der Waals surface area (Å²) < 4.78 is 1.08. The molecular formula is C18H19ClN2OS. The van der Waals surface area contributed by atoms with Crippen LogP contribution in [0, 0.1) is 5.92 Å². The number of hydrogen-bond acceptors (Lipinski definition) is 3. The molecule has 1 atom stereocenters. The largest absolute Gasteiger partial charge is 0.346 e. The summed E-state index contributed by atoms with van der Waals surface area (Å²) in [6, 6.07) is 8.12. The third-order valence-corrected chi connectivity index (χ3v) is 7.43. The lowest BCUT2D eigenvalue weighted by atomic mass is 9.77. The molecular weight excluding hydrogens is 328 g/mol. The van der Waals surface area contributed by atoms with E-state index in [1.807, 2.05) is 24.3 Å². The number of nitrogens with one attached hydrogen (secondary N) is 1. The molecule has 3 nitrogen and oxygen atoms in total. The van der Waals surface area contributed by atoms with E-state index in [0.717, 1.165) is 20.0 Å². The molecule has 4 fully saturated rings. The van der Waals surface area contributed by atoms with Gasteiger partial charge in [0.2, 0.25) is 0 Å². The lowest BCUT2D eigenvalue weighted by Crippen LogP contribution is -2.65. The summed E-state index contributed by atoms with van der Waals surface area (Å²) in [5.74, 6) is 0.733. The van der Waals surface area contributed by atoms with Gasteiger partial charge in [0.05, 0.1) is 10.9 Å². The van der Waals surface area contributed by atoms with Crippen LogP contribution in [0.25, 0.3) is 10.1 Å². The van der Waals surface area contributed by atoms with Gasteiger partial charge in [-0.05, 0) is 62.9 Å². The molecule has 1 aromatic heterocycles. The minimum Gasteiger partial charge on any atom is -0.346 e. The van der Waals surface area contributed by atoms with E-state index >= 15 is 0 Å². The van der Waals surface area contributed by atoms with Gasteiger partial charge in [0.15, 0.2) is 0 Å². The Kier molecular flexibility index (Phi) is 3.07. The minimum atomic E-state index is 0.0762. The Balaban J connectivity index is 1.43. The number of piperidine rings is 3. The quantitative estimate of drug-likeness (QED) is 0.894. The summed E-state index contributed by atoms with van der Waals surface area (Å²) >= 11 is 7.78. The SMILES string of the molecule is O=C(N[C@@H]1C2CCN(CC2)C12CC2)c1cc2c(Cl)cccc2s1. The van der Waals surface area contributed by atoms with E-state index in [0.29, 0.717) is 12.0 Å². The fourth-order valence-corrected chi connectivity index (χ4v) is 5.95. The van der Waals surface area contributed by atoms with E-state index in [4.69, 9.17) is 11.6 Å². The number of nitrogens with zero attached hydrogens (tertiary/aromatic N) is 1. The van der Waals surface area contributed by atoms with Crippen molar-refractivity contribution in [1.29, 1.82) is 0 Å². The molecule has 5 heteroatoms. The van der Waals surface area contributed by atoms with Crippen LogP contribution in [0.4, 0.5) is 0 Å². The maximum atomic E-state index is 12.8. The van der Waals surface area contributed by atoms with E-state index in [-0.39, 0.29) is 11.4 Å². The van der Waals surface area contributed by atoms with Gasteiger partial charge < -0.3 is 5.32 Å². The zero-order valence-corrected chi connectivity index (χ0v) is 14.4. The Labute approximate surface area is 144 Å². The Morgan fingerprint density at radius 1 is 1.30 bits per heavy atom. The molecule has 6 rings (SSSR count). The summed E-state index contributed by atoms with van der Waals surface area (Å²) in [5, 5.41) is 5.09. The van der Waals surface area contributed by atoms with Crippen molar-refractivity contribution in [2.75, 3.05) is 13.1 Å². The van der Waals surface area contributed by atoms with Gasteiger partial charge in [-0.15, -0.1) is 11.3 Å². The first-order valence-electron chi connectivity index (χ1n) is 8.41. The van der Waals surface area contributed by atoms with E-state index in [1.54, 1.807) is 0 Å². The molecule has 3 saturated heterocycles. The van der Waals surface area contributed by atoms with E-state index < -0.39 is 0 Å². The standard InChI is InChI=1S/C18H19ClN2OS/c19-13-2-1-3-14-12(13)10-15(23-14)17(22)20-16-11-4-8-21(9-5-11)18(16)6-7-18/h1-3,10-11,16H,4-9H2,(H,20,22)/t16-/m1/s1. The topological polar surface area (TPSA) is 32.3 Å². The van der Waals surface area contributed by atoms with Crippen LogP contribution in [0.1, 0.15) is 35.4 Å². The molecule has 120 valence electrons. The van der Waals surface area contributed by atoms with Crippen molar-refractivity contribution >= 4 is 38.9 Å². The van der Waals surface area contributed by atoms with Gasteiger partial charge >= 0.3 is 0 Å². The second kappa shape index (κ2) is 4.95. The van der Waals surface area contributed by atoms with Crippen LogP contribution >= 0.6 is 22.9 Å². The average Bonchev–Trinajstić information content (AvgIpc) is 3.21. The van der Waals surface area contributed by atoms with E-state index in [9.17, 15) is 4.79 Å². The summed E-state index contributed by atoms with van der Waals surface area (Å²) in [7, 11) is 0. The summed E-state index contributed by atoms with van der Waals surface area (Å²) in [5.41, 5.74) is 0.283. The van der Waals surface area contributed by atoms with Crippen molar-refractivity contribution in [3.8, 4) is 0 Å². The number of carbonyl (C=O) groups excluding carboxylic acids is 1. The van der Waals surface area contributed by atoms with Crippen molar-refractivity contribution in [1.82, 2.24) is 10.2 Å². The van der Waals surface area contributed by atoms with Gasteiger partial charge in [-0.25, -0.2) is 0 Å². The zero-order valence-electron chi connectivity index (χ0n) is 12.8. The van der Waals surface area contributed by atoms with Crippen molar-refractivity contribution in [3.63, 3.8) is 0 Å². The first-order chi connectivity index (χ1) is 11.2. The Morgan fingerprint density at radius 3 is 2.78 bits per heavy atom. The number of carbonyl (C=O) groups is 1. The highest BCUT2D eigenvalue weighted by Crippen LogP contribution is 2.53. The second-order valence-electron chi connectivity index (χ2n) is 7.14. The normalized spacial score (nSPS) is 30.7.